The van der Waals surface area contributed by atoms with Crippen LogP contribution in [0.25, 0.3) is 0 Å². The largest absolute Gasteiger partial charge is 0.326 e. The lowest BCUT2D eigenvalue weighted by molar-refractivity contribution is 0.550. The smallest absolute Gasteiger partial charge is 0.128 e. The molecule has 0 saturated heterocycles. The standard InChI is InChI=1S/C12H12ClFN2/c1-9(11-4-2-3-5-12(11)14)16-8-15-7-10(16)6-13/h2-5,7-9H,6H2,1H3. The van der Waals surface area contributed by atoms with Gasteiger partial charge in [0.25, 0.3) is 0 Å². The van der Waals surface area contributed by atoms with Gasteiger partial charge in [0, 0.05) is 11.8 Å². The van der Waals surface area contributed by atoms with Crippen molar-refractivity contribution in [1.82, 2.24) is 9.55 Å². The second-order valence-electron chi connectivity index (χ2n) is 3.62. The number of alkyl halides is 1. The van der Waals surface area contributed by atoms with Crippen LogP contribution in [0.3, 0.4) is 0 Å². The van der Waals surface area contributed by atoms with Crippen molar-refractivity contribution in [3.05, 3.63) is 53.9 Å². The minimum Gasteiger partial charge on any atom is -0.326 e. The maximum Gasteiger partial charge on any atom is 0.128 e. The molecule has 16 heavy (non-hydrogen) atoms. The van der Waals surface area contributed by atoms with Gasteiger partial charge in [-0.15, -0.1) is 11.6 Å². The topological polar surface area (TPSA) is 17.8 Å². The number of imidazole rings is 1. The molecule has 0 radical (unpaired) electrons. The van der Waals surface area contributed by atoms with E-state index in [0.717, 1.165) is 5.69 Å². The maximum absolute atomic E-state index is 13.6. The van der Waals surface area contributed by atoms with E-state index in [1.54, 1.807) is 24.7 Å². The van der Waals surface area contributed by atoms with Gasteiger partial charge in [-0.3, -0.25) is 0 Å². The number of halogens is 2. The van der Waals surface area contributed by atoms with Gasteiger partial charge in [0.15, 0.2) is 0 Å². The van der Waals surface area contributed by atoms with Crippen LogP contribution < -0.4 is 0 Å². The summed E-state index contributed by atoms with van der Waals surface area (Å²) in [6.07, 6.45) is 3.37. The number of nitrogens with zero attached hydrogens (tertiary/aromatic N) is 2. The fourth-order valence-electron chi connectivity index (χ4n) is 1.75. The van der Waals surface area contributed by atoms with Crippen molar-refractivity contribution in [2.24, 2.45) is 0 Å². The highest BCUT2D eigenvalue weighted by molar-refractivity contribution is 6.16. The van der Waals surface area contributed by atoms with Gasteiger partial charge in [-0.25, -0.2) is 9.37 Å². The first-order valence-corrected chi connectivity index (χ1v) is 5.58. The van der Waals surface area contributed by atoms with Crippen LogP contribution in [0.5, 0.6) is 0 Å². The zero-order chi connectivity index (χ0) is 11.5. The molecule has 0 aliphatic heterocycles. The van der Waals surface area contributed by atoms with Crippen molar-refractivity contribution in [2.45, 2.75) is 18.8 Å². The molecule has 0 N–H and O–H groups in total. The lowest BCUT2D eigenvalue weighted by Crippen LogP contribution is -2.09. The molecule has 0 fully saturated rings. The second kappa shape index (κ2) is 4.66. The van der Waals surface area contributed by atoms with Crippen molar-refractivity contribution in [3.8, 4) is 0 Å². The van der Waals surface area contributed by atoms with Crippen LogP contribution in [0, 0.1) is 5.82 Å². The summed E-state index contributed by atoms with van der Waals surface area (Å²) in [5.41, 5.74) is 1.53. The molecule has 0 aliphatic carbocycles. The monoisotopic (exact) mass is 238 g/mol. The molecule has 2 nitrogen and oxygen atoms in total. The average Bonchev–Trinajstić information content (AvgIpc) is 2.77. The molecular weight excluding hydrogens is 227 g/mol. The molecule has 0 aliphatic rings. The SMILES string of the molecule is CC(c1ccccc1F)n1cncc1CCl. The third-order valence-electron chi connectivity index (χ3n) is 2.66. The highest BCUT2D eigenvalue weighted by Gasteiger charge is 2.14. The second-order valence-corrected chi connectivity index (χ2v) is 3.89. The van der Waals surface area contributed by atoms with Gasteiger partial charge in [-0.1, -0.05) is 18.2 Å². The summed E-state index contributed by atoms with van der Waals surface area (Å²) in [4.78, 5) is 4.03. The van der Waals surface area contributed by atoms with Crippen LogP contribution in [-0.2, 0) is 5.88 Å². The fourth-order valence-corrected chi connectivity index (χ4v) is 1.96. The molecule has 0 saturated carbocycles. The van der Waals surface area contributed by atoms with Crippen molar-refractivity contribution in [2.75, 3.05) is 0 Å². The van der Waals surface area contributed by atoms with E-state index in [9.17, 15) is 4.39 Å². The molecule has 1 atom stereocenters. The first-order chi connectivity index (χ1) is 7.74. The predicted octanol–water partition coefficient (Wildman–Crippen LogP) is 3.37. The third kappa shape index (κ3) is 1.95. The summed E-state index contributed by atoms with van der Waals surface area (Å²) in [7, 11) is 0. The van der Waals surface area contributed by atoms with Gasteiger partial charge in [0.2, 0.25) is 0 Å². The van der Waals surface area contributed by atoms with E-state index in [4.69, 9.17) is 11.6 Å². The lowest BCUT2D eigenvalue weighted by Gasteiger charge is -2.16. The number of hydrogen-bond acceptors (Lipinski definition) is 1. The highest BCUT2D eigenvalue weighted by Crippen LogP contribution is 2.22. The van der Waals surface area contributed by atoms with E-state index in [1.807, 2.05) is 17.6 Å². The third-order valence-corrected chi connectivity index (χ3v) is 2.93. The maximum atomic E-state index is 13.6. The minimum absolute atomic E-state index is 0.0996. The van der Waals surface area contributed by atoms with Crippen molar-refractivity contribution in [1.29, 1.82) is 0 Å². The normalized spacial score (nSPS) is 12.7. The van der Waals surface area contributed by atoms with Crippen molar-refractivity contribution in [3.63, 3.8) is 0 Å². The van der Waals surface area contributed by atoms with Crippen molar-refractivity contribution < 1.29 is 4.39 Å². The van der Waals surface area contributed by atoms with E-state index in [1.165, 1.54) is 6.07 Å². The Hall–Kier alpha value is -1.35. The molecule has 2 rings (SSSR count). The Labute approximate surface area is 98.7 Å². The molecule has 84 valence electrons. The summed E-state index contributed by atoms with van der Waals surface area (Å²) in [6, 6.07) is 6.65. The molecule has 0 bridgehead atoms. The lowest BCUT2D eigenvalue weighted by atomic mass is 10.1. The van der Waals surface area contributed by atoms with E-state index in [0.29, 0.717) is 11.4 Å². The summed E-state index contributed by atoms with van der Waals surface area (Å²) < 4.78 is 15.5. The van der Waals surface area contributed by atoms with Gasteiger partial charge in [0.1, 0.15) is 5.82 Å². The Kier molecular flexibility index (Phi) is 3.25. The summed E-state index contributed by atoms with van der Waals surface area (Å²) in [6.45, 7) is 1.93. The van der Waals surface area contributed by atoms with Crippen LogP contribution in [-0.4, -0.2) is 9.55 Å². The molecule has 0 amide bonds. The Morgan fingerprint density at radius 3 is 2.88 bits per heavy atom. The zero-order valence-electron chi connectivity index (χ0n) is 8.90. The number of hydrogen-bond donors (Lipinski definition) is 0. The molecule has 1 heterocycles. The van der Waals surface area contributed by atoms with E-state index < -0.39 is 0 Å². The van der Waals surface area contributed by atoms with Crippen LogP contribution in [0.1, 0.15) is 24.2 Å². The van der Waals surface area contributed by atoms with Crippen LogP contribution in [0.4, 0.5) is 4.39 Å². The number of benzene rings is 1. The van der Waals surface area contributed by atoms with Gasteiger partial charge >= 0.3 is 0 Å². The highest BCUT2D eigenvalue weighted by atomic mass is 35.5. The zero-order valence-corrected chi connectivity index (χ0v) is 9.65. The fraction of sp³-hybridized carbons (Fsp3) is 0.250. The van der Waals surface area contributed by atoms with Gasteiger partial charge in [0.05, 0.1) is 23.9 Å². The molecule has 1 aromatic heterocycles. The Morgan fingerprint density at radius 2 is 2.19 bits per heavy atom. The summed E-state index contributed by atoms with van der Waals surface area (Å²) in [5.74, 6) is 0.169. The Bertz CT molecular complexity index is 481. The first kappa shape index (κ1) is 11.1. The van der Waals surface area contributed by atoms with E-state index in [2.05, 4.69) is 4.98 Å². The van der Waals surface area contributed by atoms with Gasteiger partial charge in [-0.05, 0) is 13.0 Å². The summed E-state index contributed by atoms with van der Waals surface area (Å²) in [5, 5.41) is 0. The molecule has 4 heteroatoms. The molecule has 1 aromatic carbocycles. The quantitative estimate of drug-likeness (QED) is 0.750. The van der Waals surface area contributed by atoms with E-state index >= 15 is 0 Å². The first-order valence-electron chi connectivity index (χ1n) is 5.05. The predicted molar refractivity (Wildman–Crippen MR) is 62.0 cm³/mol. The number of aromatic nitrogens is 2. The van der Waals surface area contributed by atoms with Crippen LogP contribution in [0.15, 0.2) is 36.8 Å². The molecular formula is C12H12ClFN2. The van der Waals surface area contributed by atoms with E-state index in [-0.39, 0.29) is 11.9 Å². The molecule has 0 spiro atoms. The van der Waals surface area contributed by atoms with Gasteiger partial charge in [-0.2, -0.15) is 0 Å². The summed E-state index contributed by atoms with van der Waals surface area (Å²) >= 11 is 5.79. The van der Waals surface area contributed by atoms with Crippen LogP contribution in [0.2, 0.25) is 0 Å². The van der Waals surface area contributed by atoms with Crippen LogP contribution >= 0.6 is 11.6 Å². The molecule has 1 unspecified atom stereocenters. The average molecular weight is 239 g/mol. The van der Waals surface area contributed by atoms with Gasteiger partial charge < -0.3 is 4.57 Å². The Balaban J connectivity index is 2.39. The van der Waals surface area contributed by atoms with Crippen molar-refractivity contribution >= 4 is 11.6 Å². The molecule has 2 aromatic rings. The minimum atomic E-state index is -0.204. The Morgan fingerprint density at radius 1 is 1.44 bits per heavy atom. The number of rotatable bonds is 3.